The van der Waals surface area contributed by atoms with Crippen LogP contribution >= 0.6 is 0 Å². The minimum atomic E-state index is 0.0885. The number of amides is 1. The van der Waals surface area contributed by atoms with Gasteiger partial charge in [0.25, 0.3) is 0 Å². The molecule has 3 fully saturated rings. The summed E-state index contributed by atoms with van der Waals surface area (Å²) in [4.78, 5) is 11.9. The van der Waals surface area contributed by atoms with E-state index in [2.05, 4.69) is 37.4 Å². The maximum absolute atomic E-state index is 11.9. The number of hydrogen-bond donors (Lipinski definition) is 2. The Morgan fingerprint density at radius 2 is 1.72 bits per heavy atom. The number of carbonyl (C=O) groups excluding carboxylic acids is 1. The SMILES string of the molecule is Cc1cc(C2CC[C@H]3[C@@H]4CCC5NC(=O)C=C[C@]5(C)[C@@H]4CC[C@]23C)cc(C)c1O. The second kappa shape index (κ2) is 6.36. The number of aromatic hydroxyl groups is 1. The summed E-state index contributed by atoms with van der Waals surface area (Å²) in [5, 5.41) is 13.5. The third-order valence-corrected chi connectivity index (χ3v) is 9.60. The van der Waals surface area contributed by atoms with E-state index in [0.29, 0.717) is 29.0 Å². The Hall–Kier alpha value is -1.77. The van der Waals surface area contributed by atoms with E-state index >= 15 is 0 Å². The Labute approximate surface area is 175 Å². The van der Waals surface area contributed by atoms with E-state index in [4.69, 9.17) is 0 Å². The first-order valence-corrected chi connectivity index (χ1v) is 11.5. The van der Waals surface area contributed by atoms with E-state index < -0.39 is 0 Å². The topological polar surface area (TPSA) is 49.3 Å². The molecule has 5 rings (SSSR count). The van der Waals surface area contributed by atoms with Crippen LogP contribution < -0.4 is 5.32 Å². The number of phenolic OH excluding ortho intramolecular Hbond substituents is 1. The number of fused-ring (bicyclic) bond motifs is 5. The van der Waals surface area contributed by atoms with Crippen molar-refractivity contribution in [3.05, 3.63) is 41.0 Å². The van der Waals surface area contributed by atoms with Gasteiger partial charge in [0.05, 0.1) is 0 Å². The Kier molecular flexibility index (Phi) is 4.21. The van der Waals surface area contributed by atoms with Gasteiger partial charge < -0.3 is 10.4 Å². The third kappa shape index (κ3) is 2.65. The van der Waals surface area contributed by atoms with Crippen LogP contribution in [0, 0.1) is 42.4 Å². The molecule has 0 saturated heterocycles. The van der Waals surface area contributed by atoms with E-state index in [0.717, 1.165) is 29.4 Å². The molecule has 2 N–H and O–H groups in total. The highest BCUT2D eigenvalue weighted by Gasteiger charge is 2.59. The molecule has 1 amide bonds. The van der Waals surface area contributed by atoms with Crippen LogP contribution in [0.3, 0.4) is 0 Å². The zero-order valence-corrected chi connectivity index (χ0v) is 18.3. The molecule has 1 aromatic carbocycles. The summed E-state index contributed by atoms with van der Waals surface area (Å²) in [6.07, 6.45) is 11.5. The van der Waals surface area contributed by atoms with Gasteiger partial charge in [0.15, 0.2) is 0 Å². The first-order chi connectivity index (χ1) is 13.7. The minimum absolute atomic E-state index is 0.0885. The minimum Gasteiger partial charge on any atom is -0.507 e. The molecule has 1 aromatic rings. The molecule has 0 aromatic heterocycles. The van der Waals surface area contributed by atoms with Gasteiger partial charge in [0, 0.05) is 11.5 Å². The highest BCUT2D eigenvalue weighted by Crippen LogP contribution is 2.67. The molecule has 1 aliphatic heterocycles. The number of benzene rings is 1. The summed E-state index contributed by atoms with van der Waals surface area (Å²) >= 11 is 0. The maximum Gasteiger partial charge on any atom is 0.243 e. The molecule has 0 radical (unpaired) electrons. The van der Waals surface area contributed by atoms with Crippen molar-refractivity contribution >= 4 is 5.91 Å². The molecule has 1 heterocycles. The molecule has 0 bridgehead atoms. The summed E-state index contributed by atoms with van der Waals surface area (Å²) in [6, 6.07) is 4.79. The Bertz CT molecular complexity index is 866. The smallest absolute Gasteiger partial charge is 0.243 e. The summed E-state index contributed by atoms with van der Waals surface area (Å²) in [5.74, 6) is 3.35. The van der Waals surface area contributed by atoms with Crippen LogP contribution in [-0.2, 0) is 4.79 Å². The Morgan fingerprint density at radius 3 is 2.45 bits per heavy atom. The van der Waals surface area contributed by atoms with E-state index in [9.17, 15) is 9.90 Å². The number of rotatable bonds is 1. The van der Waals surface area contributed by atoms with Gasteiger partial charge in [-0.15, -0.1) is 0 Å². The van der Waals surface area contributed by atoms with Gasteiger partial charge in [0.1, 0.15) is 5.75 Å². The van der Waals surface area contributed by atoms with Gasteiger partial charge in [-0.3, -0.25) is 4.79 Å². The average molecular weight is 394 g/mol. The molecule has 2 unspecified atom stereocenters. The number of phenols is 1. The zero-order valence-electron chi connectivity index (χ0n) is 18.3. The predicted molar refractivity (Wildman–Crippen MR) is 116 cm³/mol. The van der Waals surface area contributed by atoms with Crippen LogP contribution in [0.25, 0.3) is 0 Å². The molecule has 3 nitrogen and oxygen atoms in total. The van der Waals surface area contributed by atoms with Crippen LogP contribution in [0.2, 0.25) is 0 Å². The second-order valence-electron chi connectivity index (χ2n) is 10.9. The van der Waals surface area contributed by atoms with E-state index in [1.54, 1.807) is 6.08 Å². The van der Waals surface area contributed by atoms with E-state index in [-0.39, 0.29) is 11.3 Å². The lowest BCUT2D eigenvalue weighted by Gasteiger charge is -2.59. The van der Waals surface area contributed by atoms with Crippen molar-refractivity contribution in [2.75, 3.05) is 0 Å². The van der Waals surface area contributed by atoms with Crippen molar-refractivity contribution in [3.8, 4) is 5.75 Å². The molecular weight excluding hydrogens is 358 g/mol. The molecule has 29 heavy (non-hydrogen) atoms. The average Bonchev–Trinajstić information content (AvgIpc) is 3.03. The van der Waals surface area contributed by atoms with Crippen molar-refractivity contribution in [1.29, 1.82) is 0 Å². The summed E-state index contributed by atoms with van der Waals surface area (Å²) in [7, 11) is 0. The van der Waals surface area contributed by atoms with Crippen molar-refractivity contribution in [1.82, 2.24) is 5.32 Å². The van der Waals surface area contributed by atoms with Gasteiger partial charge >= 0.3 is 0 Å². The quantitative estimate of drug-likeness (QED) is 0.672. The Balaban J connectivity index is 1.47. The second-order valence-corrected chi connectivity index (χ2v) is 10.9. The van der Waals surface area contributed by atoms with Crippen LogP contribution in [-0.4, -0.2) is 17.1 Å². The number of aryl methyl sites for hydroxylation is 2. The molecule has 3 heteroatoms. The lowest BCUT2D eigenvalue weighted by atomic mass is 9.47. The number of carbonyl (C=O) groups is 1. The fourth-order valence-electron chi connectivity index (χ4n) is 8.07. The van der Waals surface area contributed by atoms with Crippen molar-refractivity contribution < 1.29 is 9.90 Å². The van der Waals surface area contributed by atoms with E-state index in [1.807, 2.05) is 13.8 Å². The fourth-order valence-corrected chi connectivity index (χ4v) is 8.07. The molecule has 0 spiro atoms. The van der Waals surface area contributed by atoms with Crippen molar-refractivity contribution in [2.45, 2.75) is 78.2 Å². The standard InChI is InChI=1S/C26H35NO2/c1-15-13-17(14-16(2)24(15)29)19-6-7-20-18-5-8-22-26(4,12-10-23(28)27-22)21(18)9-11-25(19,20)3/h10,12-14,18-22,29H,5-9,11H2,1-4H3,(H,27,28)/t18-,19?,20-,21+,22?,25+,26+/m0/s1. The molecule has 3 aliphatic carbocycles. The third-order valence-electron chi connectivity index (χ3n) is 9.60. The number of hydrogen-bond acceptors (Lipinski definition) is 2. The predicted octanol–water partition coefficient (Wildman–Crippen LogP) is 5.39. The molecular formula is C26H35NO2. The van der Waals surface area contributed by atoms with Crippen molar-refractivity contribution in [3.63, 3.8) is 0 Å². The normalized spacial score (nSPS) is 43.3. The van der Waals surface area contributed by atoms with Crippen LogP contribution in [0.15, 0.2) is 24.3 Å². The zero-order chi connectivity index (χ0) is 20.6. The van der Waals surface area contributed by atoms with Crippen LogP contribution in [0.5, 0.6) is 5.75 Å². The first kappa shape index (κ1) is 19.2. The first-order valence-electron chi connectivity index (χ1n) is 11.5. The molecule has 7 atom stereocenters. The van der Waals surface area contributed by atoms with Crippen molar-refractivity contribution in [2.24, 2.45) is 28.6 Å². The monoisotopic (exact) mass is 393 g/mol. The van der Waals surface area contributed by atoms with Crippen LogP contribution in [0.4, 0.5) is 0 Å². The van der Waals surface area contributed by atoms with Gasteiger partial charge in [-0.05, 0) is 104 Å². The van der Waals surface area contributed by atoms with Gasteiger partial charge in [-0.2, -0.15) is 0 Å². The lowest BCUT2D eigenvalue weighted by molar-refractivity contribution is -0.122. The molecule has 156 valence electrons. The largest absolute Gasteiger partial charge is 0.507 e. The maximum atomic E-state index is 11.9. The highest BCUT2D eigenvalue weighted by molar-refractivity contribution is 5.89. The summed E-state index contributed by atoms with van der Waals surface area (Å²) < 4.78 is 0. The fraction of sp³-hybridized carbons (Fsp3) is 0.654. The van der Waals surface area contributed by atoms with E-state index in [1.165, 1.54) is 37.7 Å². The molecule has 4 aliphatic rings. The Morgan fingerprint density at radius 1 is 1.00 bits per heavy atom. The lowest BCUT2D eigenvalue weighted by Crippen LogP contribution is -2.59. The summed E-state index contributed by atoms with van der Waals surface area (Å²) in [5.41, 5.74) is 3.92. The summed E-state index contributed by atoms with van der Waals surface area (Å²) in [6.45, 7) is 9.01. The molecule has 3 saturated carbocycles. The number of nitrogens with one attached hydrogen (secondary N) is 1. The van der Waals surface area contributed by atoms with Gasteiger partial charge in [-0.25, -0.2) is 0 Å². The van der Waals surface area contributed by atoms with Crippen LogP contribution in [0.1, 0.15) is 75.0 Å². The highest BCUT2D eigenvalue weighted by atomic mass is 16.3. The van der Waals surface area contributed by atoms with Gasteiger partial charge in [-0.1, -0.05) is 32.1 Å². The van der Waals surface area contributed by atoms with Gasteiger partial charge in [0.2, 0.25) is 5.91 Å².